The first-order valence-corrected chi connectivity index (χ1v) is 21.7. The molecule has 6 nitrogen and oxygen atoms in total. The second-order valence-electron chi connectivity index (χ2n) is 15.0. The number of unbranched alkanes of at least 4 members (excludes halogenated alkanes) is 16. The molecular formula is C39H80N3O3P. The highest BCUT2D eigenvalue weighted by Gasteiger charge is 2.43. The van der Waals surface area contributed by atoms with Gasteiger partial charge in [0.2, 0.25) is 5.96 Å². The van der Waals surface area contributed by atoms with Gasteiger partial charge in [-0.15, -0.1) is 4.76 Å². The van der Waals surface area contributed by atoms with Gasteiger partial charge in [-0.05, 0) is 46.0 Å². The van der Waals surface area contributed by atoms with Crippen molar-refractivity contribution >= 4 is 13.7 Å². The molecule has 0 amide bonds. The molecular weight excluding hydrogens is 589 g/mol. The summed E-state index contributed by atoms with van der Waals surface area (Å²) in [5.41, 5.74) is -1.04. The fourth-order valence-electron chi connectivity index (χ4n) is 6.83. The maximum absolute atomic E-state index is 15.4. The zero-order valence-corrected chi connectivity index (χ0v) is 33.2. The molecule has 46 heavy (non-hydrogen) atoms. The zero-order chi connectivity index (χ0) is 34.2. The van der Waals surface area contributed by atoms with E-state index in [0.717, 1.165) is 96.2 Å². The van der Waals surface area contributed by atoms with Crippen molar-refractivity contribution in [1.29, 1.82) is 0 Å². The normalized spacial score (nSPS) is 18.7. The molecule has 274 valence electrons. The minimum atomic E-state index is -3.85. The highest BCUT2D eigenvalue weighted by Crippen LogP contribution is 2.59. The number of nitrogens with zero attached hydrogens (tertiary/aromatic N) is 3. The van der Waals surface area contributed by atoms with Gasteiger partial charge in [-0.3, -0.25) is 9.05 Å². The number of hydrogen-bond acceptors (Lipinski definition) is 3. The van der Waals surface area contributed by atoms with Crippen LogP contribution >= 0.6 is 7.75 Å². The van der Waals surface area contributed by atoms with Crippen molar-refractivity contribution < 1.29 is 13.6 Å². The van der Waals surface area contributed by atoms with Gasteiger partial charge in [-0.2, -0.15) is 0 Å². The molecule has 0 bridgehead atoms. The van der Waals surface area contributed by atoms with Gasteiger partial charge in [-0.25, -0.2) is 4.57 Å². The van der Waals surface area contributed by atoms with Crippen LogP contribution in [0.25, 0.3) is 0 Å². The summed E-state index contributed by atoms with van der Waals surface area (Å²) >= 11 is 0. The van der Waals surface area contributed by atoms with Gasteiger partial charge in [-0.1, -0.05) is 163 Å². The lowest BCUT2D eigenvalue weighted by Crippen LogP contribution is -2.35. The van der Waals surface area contributed by atoms with E-state index >= 15 is 4.57 Å². The van der Waals surface area contributed by atoms with E-state index in [1.54, 1.807) is 0 Å². The van der Waals surface area contributed by atoms with E-state index in [9.17, 15) is 0 Å². The molecule has 1 aliphatic rings. The third kappa shape index (κ3) is 18.8. The highest BCUT2D eigenvalue weighted by atomic mass is 31.2. The van der Waals surface area contributed by atoms with Gasteiger partial charge >= 0.3 is 7.75 Å². The van der Waals surface area contributed by atoms with Gasteiger partial charge in [0.1, 0.15) is 0 Å². The van der Waals surface area contributed by atoms with Crippen molar-refractivity contribution in [1.82, 2.24) is 9.80 Å². The highest BCUT2D eigenvalue weighted by molar-refractivity contribution is 7.52. The van der Waals surface area contributed by atoms with Crippen molar-refractivity contribution in [3.05, 3.63) is 0 Å². The van der Waals surface area contributed by atoms with E-state index in [-0.39, 0.29) is 0 Å². The van der Waals surface area contributed by atoms with E-state index in [4.69, 9.17) is 13.8 Å². The lowest BCUT2D eigenvalue weighted by Gasteiger charge is -2.37. The van der Waals surface area contributed by atoms with Crippen LogP contribution in [0.2, 0.25) is 0 Å². The molecule has 1 aliphatic heterocycles. The molecule has 0 radical (unpaired) electrons. The SMILES string of the molecule is CCCCCCCC(C)(CCCCC)OP(=O)(N=C1N(C)CCN1CCCCCC)OC(C)(CCCCCC)CCCCCCC. The number of rotatable bonds is 31. The maximum atomic E-state index is 15.4. The summed E-state index contributed by atoms with van der Waals surface area (Å²) in [6.07, 6.45) is 28.7. The Balaban J connectivity index is 3.44. The van der Waals surface area contributed by atoms with Crippen LogP contribution in [-0.2, 0) is 13.6 Å². The Morgan fingerprint density at radius 1 is 0.565 bits per heavy atom. The van der Waals surface area contributed by atoms with Crippen molar-refractivity contribution in [3.8, 4) is 0 Å². The predicted molar refractivity (Wildman–Crippen MR) is 202 cm³/mol. The Hall–Kier alpha value is -0.580. The monoisotopic (exact) mass is 670 g/mol. The summed E-state index contributed by atoms with van der Waals surface area (Å²) in [7, 11) is -1.77. The van der Waals surface area contributed by atoms with Crippen LogP contribution in [-0.4, -0.2) is 53.6 Å². The molecule has 0 saturated carbocycles. The fraction of sp³-hybridized carbons (Fsp3) is 0.974. The quantitative estimate of drug-likeness (QED) is 0.0543. The Kier molecular flexibility index (Phi) is 24.0. The van der Waals surface area contributed by atoms with E-state index < -0.39 is 18.9 Å². The summed E-state index contributed by atoms with van der Waals surface area (Å²) in [6.45, 7) is 18.4. The average molecular weight is 670 g/mol. The van der Waals surface area contributed by atoms with Crippen LogP contribution in [0.5, 0.6) is 0 Å². The number of hydrogen-bond donors (Lipinski definition) is 0. The van der Waals surface area contributed by atoms with Crippen LogP contribution in [0.3, 0.4) is 0 Å². The van der Waals surface area contributed by atoms with Crippen molar-refractivity contribution in [2.75, 3.05) is 26.7 Å². The molecule has 0 spiro atoms. The third-order valence-corrected chi connectivity index (χ3v) is 11.7. The summed E-state index contributed by atoms with van der Waals surface area (Å²) in [5.74, 6) is 0.801. The van der Waals surface area contributed by atoms with E-state index in [0.29, 0.717) is 0 Å². The average Bonchev–Trinajstić information content (AvgIpc) is 3.35. The largest absolute Gasteiger partial charge is 0.458 e. The lowest BCUT2D eigenvalue weighted by atomic mass is 9.92. The van der Waals surface area contributed by atoms with Crippen molar-refractivity contribution in [2.45, 2.75) is 220 Å². The van der Waals surface area contributed by atoms with E-state index in [1.807, 2.05) is 0 Å². The van der Waals surface area contributed by atoms with Crippen molar-refractivity contribution in [2.24, 2.45) is 4.76 Å². The molecule has 1 rings (SSSR count). The summed E-state index contributed by atoms with van der Waals surface area (Å²) in [5, 5.41) is 0. The molecule has 0 aromatic carbocycles. The van der Waals surface area contributed by atoms with Crippen LogP contribution in [0.15, 0.2) is 4.76 Å². The molecule has 0 aromatic heterocycles. The smallest absolute Gasteiger partial charge is 0.344 e. The summed E-state index contributed by atoms with van der Waals surface area (Å²) in [4.78, 5) is 4.50. The van der Waals surface area contributed by atoms with Gasteiger partial charge in [0.15, 0.2) is 0 Å². The van der Waals surface area contributed by atoms with Gasteiger partial charge in [0.25, 0.3) is 0 Å². The van der Waals surface area contributed by atoms with Crippen LogP contribution < -0.4 is 0 Å². The first kappa shape index (κ1) is 43.4. The van der Waals surface area contributed by atoms with Crippen LogP contribution in [0.1, 0.15) is 209 Å². The number of guanidine groups is 1. The standard InChI is InChI=1S/C39H80N3O3P/c1-9-14-19-23-27-32-38(6,30-25-18-13-5)44-46(43,40-37-41(8)35-36-42(37)34-29-22-17-12-4)45-39(7,31-26-21-16-11-3)33-28-24-20-15-10-2/h9-36H2,1-8H3. The first-order chi connectivity index (χ1) is 22.1. The van der Waals surface area contributed by atoms with Crippen LogP contribution in [0, 0.1) is 0 Å². The molecule has 3 atom stereocenters. The first-order valence-electron chi connectivity index (χ1n) is 20.2. The lowest BCUT2D eigenvalue weighted by molar-refractivity contribution is -0.00364. The Morgan fingerprint density at radius 3 is 1.35 bits per heavy atom. The third-order valence-electron chi connectivity index (χ3n) is 9.98. The minimum Gasteiger partial charge on any atom is -0.344 e. The molecule has 1 fully saturated rings. The van der Waals surface area contributed by atoms with E-state index in [2.05, 4.69) is 65.3 Å². The number of likely N-dealkylation sites (N-methyl/N-ethyl adjacent to an activating group) is 1. The molecule has 1 heterocycles. The molecule has 1 saturated heterocycles. The van der Waals surface area contributed by atoms with Gasteiger partial charge < -0.3 is 9.80 Å². The second kappa shape index (κ2) is 25.4. The molecule has 7 heteroatoms. The summed E-state index contributed by atoms with van der Waals surface area (Å²) in [6, 6.07) is 0. The topological polar surface area (TPSA) is 54.4 Å². The van der Waals surface area contributed by atoms with Crippen molar-refractivity contribution in [3.63, 3.8) is 0 Å². The fourth-order valence-corrected chi connectivity index (χ4v) is 8.93. The Morgan fingerprint density at radius 2 is 0.913 bits per heavy atom. The Bertz CT molecular complexity index is 824. The second-order valence-corrected chi connectivity index (χ2v) is 16.5. The molecule has 3 unspecified atom stereocenters. The predicted octanol–water partition coefficient (Wildman–Crippen LogP) is 13.1. The molecule has 0 aromatic rings. The molecule has 0 N–H and O–H groups in total. The van der Waals surface area contributed by atoms with E-state index in [1.165, 1.54) is 89.9 Å². The van der Waals surface area contributed by atoms with Gasteiger partial charge in [0.05, 0.1) is 11.2 Å². The van der Waals surface area contributed by atoms with Gasteiger partial charge in [0, 0.05) is 26.7 Å². The minimum absolute atomic E-state index is 0.519. The summed E-state index contributed by atoms with van der Waals surface area (Å²) < 4.78 is 34.4. The van der Waals surface area contributed by atoms with Crippen LogP contribution in [0.4, 0.5) is 0 Å². The molecule has 0 aliphatic carbocycles. The zero-order valence-electron chi connectivity index (χ0n) is 32.3. The Labute approximate surface area is 288 Å². The maximum Gasteiger partial charge on any atom is 0.458 e.